The molecule has 1 aromatic carbocycles. The lowest BCUT2D eigenvalue weighted by atomic mass is 10.1. The number of rotatable bonds is 5. The molecule has 0 saturated carbocycles. The lowest BCUT2D eigenvalue weighted by Gasteiger charge is -2.19. The van der Waals surface area contributed by atoms with Crippen molar-refractivity contribution in [3.63, 3.8) is 0 Å². The summed E-state index contributed by atoms with van der Waals surface area (Å²) in [5, 5.41) is 2.89. The molecule has 0 radical (unpaired) electrons. The summed E-state index contributed by atoms with van der Waals surface area (Å²) in [5.41, 5.74) is 4.19. The van der Waals surface area contributed by atoms with Gasteiger partial charge in [-0.1, -0.05) is 31.2 Å². The number of pyridine rings is 2. The number of carbonyl (C=O) groups excluding carboxylic acids is 1. The fourth-order valence-corrected chi connectivity index (χ4v) is 3.23. The van der Waals surface area contributed by atoms with Crippen LogP contribution in [0.15, 0.2) is 59.7 Å². The number of aromatic nitrogens is 2. The number of para-hydroxylation sites is 1. The van der Waals surface area contributed by atoms with E-state index in [-0.39, 0.29) is 16.9 Å². The topological polar surface area (TPSA) is 64.0 Å². The highest BCUT2D eigenvalue weighted by molar-refractivity contribution is 6.05. The second-order valence-corrected chi connectivity index (χ2v) is 6.54. The monoisotopic (exact) mass is 361 g/mol. The zero-order valence-electron chi connectivity index (χ0n) is 15.8. The smallest absolute Gasteiger partial charge is 0.261 e. The Morgan fingerprint density at radius 1 is 1.15 bits per heavy atom. The van der Waals surface area contributed by atoms with E-state index in [0.29, 0.717) is 18.7 Å². The van der Waals surface area contributed by atoms with Crippen molar-refractivity contribution in [2.45, 2.75) is 33.7 Å². The summed E-state index contributed by atoms with van der Waals surface area (Å²) in [7, 11) is 0. The molecule has 0 fully saturated rings. The molecule has 3 aromatic rings. The van der Waals surface area contributed by atoms with Crippen LogP contribution >= 0.6 is 0 Å². The number of anilines is 1. The molecule has 138 valence electrons. The van der Waals surface area contributed by atoms with Gasteiger partial charge in [0.25, 0.3) is 5.91 Å². The SMILES string of the molecule is CCc1c(C(=O)Nc2ccccc2C)c(=O)cc(C)n1Cc1cccnc1. The molecular formula is C22H23N3O2. The lowest BCUT2D eigenvalue weighted by Crippen LogP contribution is -2.28. The van der Waals surface area contributed by atoms with E-state index in [0.717, 1.165) is 22.5 Å². The molecule has 0 saturated heterocycles. The Balaban J connectivity index is 2.04. The normalized spacial score (nSPS) is 10.6. The van der Waals surface area contributed by atoms with Crippen LogP contribution in [0, 0.1) is 13.8 Å². The molecule has 1 amide bonds. The summed E-state index contributed by atoms with van der Waals surface area (Å²) in [4.78, 5) is 29.8. The Kier molecular flexibility index (Phi) is 5.50. The second kappa shape index (κ2) is 7.99. The minimum Gasteiger partial charge on any atom is -0.343 e. The quantitative estimate of drug-likeness (QED) is 0.753. The molecule has 0 aliphatic rings. The Morgan fingerprint density at radius 2 is 1.93 bits per heavy atom. The number of benzene rings is 1. The third-order valence-electron chi connectivity index (χ3n) is 4.65. The van der Waals surface area contributed by atoms with Crippen molar-refractivity contribution >= 4 is 11.6 Å². The number of nitrogens with one attached hydrogen (secondary N) is 1. The molecule has 27 heavy (non-hydrogen) atoms. The summed E-state index contributed by atoms with van der Waals surface area (Å²) in [6.07, 6.45) is 4.10. The van der Waals surface area contributed by atoms with Gasteiger partial charge in [-0.15, -0.1) is 0 Å². The number of hydrogen-bond donors (Lipinski definition) is 1. The van der Waals surface area contributed by atoms with Crippen molar-refractivity contribution < 1.29 is 4.79 Å². The van der Waals surface area contributed by atoms with E-state index >= 15 is 0 Å². The average Bonchev–Trinajstić information content (AvgIpc) is 2.66. The van der Waals surface area contributed by atoms with E-state index in [2.05, 4.69) is 10.3 Å². The first kappa shape index (κ1) is 18.6. The molecule has 0 spiro atoms. The maximum atomic E-state index is 12.9. The molecular weight excluding hydrogens is 338 g/mol. The van der Waals surface area contributed by atoms with Gasteiger partial charge in [-0.25, -0.2) is 0 Å². The summed E-state index contributed by atoms with van der Waals surface area (Å²) in [6.45, 7) is 6.33. The molecule has 5 heteroatoms. The first-order valence-electron chi connectivity index (χ1n) is 9.00. The van der Waals surface area contributed by atoms with Crippen molar-refractivity contribution in [1.82, 2.24) is 9.55 Å². The Labute approximate surface area is 158 Å². The van der Waals surface area contributed by atoms with Gasteiger partial charge in [0.15, 0.2) is 5.43 Å². The number of aryl methyl sites for hydroxylation is 2. The van der Waals surface area contributed by atoms with Crippen LogP contribution in [0.3, 0.4) is 0 Å². The van der Waals surface area contributed by atoms with Gasteiger partial charge in [-0.05, 0) is 43.5 Å². The maximum absolute atomic E-state index is 12.9. The fourth-order valence-electron chi connectivity index (χ4n) is 3.23. The van der Waals surface area contributed by atoms with Crippen LogP contribution in [0.4, 0.5) is 5.69 Å². The number of hydrogen-bond acceptors (Lipinski definition) is 3. The second-order valence-electron chi connectivity index (χ2n) is 6.54. The summed E-state index contributed by atoms with van der Waals surface area (Å²) >= 11 is 0. The largest absolute Gasteiger partial charge is 0.343 e. The minimum absolute atomic E-state index is 0.204. The molecule has 2 heterocycles. The Morgan fingerprint density at radius 3 is 2.59 bits per heavy atom. The summed E-state index contributed by atoms with van der Waals surface area (Å²) in [6, 6.07) is 12.9. The van der Waals surface area contributed by atoms with Crippen LogP contribution in [0.25, 0.3) is 0 Å². The molecule has 0 bridgehead atoms. The number of carbonyl (C=O) groups is 1. The van der Waals surface area contributed by atoms with Crippen molar-refractivity contribution in [2.24, 2.45) is 0 Å². The van der Waals surface area contributed by atoms with E-state index in [1.54, 1.807) is 12.4 Å². The Hall–Kier alpha value is -3.21. The lowest BCUT2D eigenvalue weighted by molar-refractivity contribution is 0.102. The van der Waals surface area contributed by atoms with Crippen LogP contribution in [0.1, 0.15) is 39.8 Å². The summed E-state index contributed by atoms with van der Waals surface area (Å²) < 4.78 is 2.02. The molecule has 2 aromatic heterocycles. The van der Waals surface area contributed by atoms with Crippen LogP contribution in [-0.4, -0.2) is 15.5 Å². The van der Waals surface area contributed by atoms with E-state index in [1.807, 2.05) is 61.7 Å². The first-order chi connectivity index (χ1) is 13.0. The van der Waals surface area contributed by atoms with Crippen LogP contribution < -0.4 is 10.7 Å². The summed E-state index contributed by atoms with van der Waals surface area (Å²) in [5.74, 6) is -0.369. The van der Waals surface area contributed by atoms with Gasteiger partial charge in [0.2, 0.25) is 0 Å². The van der Waals surface area contributed by atoms with E-state index < -0.39 is 0 Å². The third kappa shape index (κ3) is 3.97. The van der Waals surface area contributed by atoms with Crippen LogP contribution in [0.2, 0.25) is 0 Å². The van der Waals surface area contributed by atoms with Crippen LogP contribution in [0.5, 0.6) is 0 Å². The molecule has 0 atom stereocenters. The van der Waals surface area contributed by atoms with Gasteiger partial charge in [-0.3, -0.25) is 14.6 Å². The highest BCUT2D eigenvalue weighted by atomic mass is 16.2. The van der Waals surface area contributed by atoms with Gasteiger partial charge in [-0.2, -0.15) is 0 Å². The molecule has 0 unspecified atom stereocenters. The van der Waals surface area contributed by atoms with E-state index in [4.69, 9.17) is 0 Å². The standard InChI is InChI=1S/C22H23N3O2/c1-4-19-21(22(27)24-18-10-6-5-8-15(18)2)20(26)12-16(3)25(19)14-17-9-7-11-23-13-17/h5-13H,4,14H2,1-3H3,(H,24,27). The van der Waals surface area contributed by atoms with Gasteiger partial charge >= 0.3 is 0 Å². The maximum Gasteiger partial charge on any atom is 0.261 e. The fraction of sp³-hybridized carbons (Fsp3) is 0.227. The molecule has 5 nitrogen and oxygen atoms in total. The predicted molar refractivity (Wildman–Crippen MR) is 107 cm³/mol. The van der Waals surface area contributed by atoms with Crippen molar-refractivity contribution in [2.75, 3.05) is 5.32 Å². The molecule has 1 N–H and O–H groups in total. The molecule has 3 rings (SSSR count). The van der Waals surface area contributed by atoms with Gasteiger partial charge in [0.1, 0.15) is 5.56 Å². The third-order valence-corrected chi connectivity index (χ3v) is 4.65. The van der Waals surface area contributed by atoms with Crippen molar-refractivity contribution in [3.8, 4) is 0 Å². The van der Waals surface area contributed by atoms with Crippen molar-refractivity contribution in [1.29, 1.82) is 0 Å². The average molecular weight is 361 g/mol. The van der Waals surface area contributed by atoms with Gasteiger partial charge in [0, 0.05) is 42.1 Å². The first-order valence-corrected chi connectivity index (χ1v) is 9.00. The number of amides is 1. The Bertz CT molecular complexity index is 1020. The highest BCUT2D eigenvalue weighted by Crippen LogP contribution is 2.17. The van der Waals surface area contributed by atoms with E-state index in [1.165, 1.54) is 6.07 Å². The van der Waals surface area contributed by atoms with Gasteiger partial charge < -0.3 is 9.88 Å². The minimum atomic E-state index is -0.369. The van der Waals surface area contributed by atoms with E-state index in [9.17, 15) is 9.59 Å². The highest BCUT2D eigenvalue weighted by Gasteiger charge is 2.20. The zero-order chi connectivity index (χ0) is 19.4. The predicted octanol–water partition coefficient (Wildman–Crippen LogP) is 3.72. The van der Waals surface area contributed by atoms with Gasteiger partial charge in [0.05, 0.1) is 0 Å². The number of nitrogens with zero attached hydrogens (tertiary/aromatic N) is 2. The zero-order valence-corrected chi connectivity index (χ0v) is 15.8. The van der Waals surface area contributed by atoms with Crippen LogP contribution in [-0.2, 0) is 13.0 Å². The molecule has 0 aliphatic heterocycles. The van der Waals surface area contributed by atoms with Crippen molar-refractivity contribution in [3.05, 3.63) is 93.2 Å². The molecule has 0 aliphatic carbocycles.